The number of H-pyrrole nitrogens is 1. The summed E-state index contributed by atoms with van der Waals surface area (Å²) in [7, 11) is 3.13. The van der Waals surface area contributed by atoms with Gasteiger partial charge in [-0.15, -0.1) is 0 Å². The van der Waals surface area contributed by atoms with Crippen LogP contribution in [-0.4, -0.2) is 33.7 Å². The molecule has 3 aromatic rings. The molecule has 1 aromatic carbocycles. The minimum absolute atomic E-state index is 0.420. The fourth-order valence-electron chi connectivity index (χ4n) is 2.07. The van der Waals surface area contributed by atoms with E-state index in [1.54, 1.807) is 29.9 Å². The first kappa shape index (κ1) is 13.8. The molecule has 3 rings (SSSR count). The maximum Gasteiger partial charge on any atom is 0.242 e. The predicted molar refractivity (Wildman–Crippen MR) is 82.2 cm³/mol. The van der Waals surface area contributed by atoms with Gasteiger partial charge in [0.05, 0.1) is 24.9 Å². The van der Waals surface area contributed by atoms with E-state index in [4.69, 9.17) is 33.3 Å². The monoisotopic (exact) mass is 322 g/mol. The summed E-state index contributed by atoms with van der Waals surface area (Å²) in [5, 5.41) is 0.533. The van der Waals surface area contributed by atoms with E-state index >= 15 is 0 Å². The highest BCUT2D eigenvalue weighted by molar-refractivity contribution is 7.71. The van der Waals surface area contributed by atoms with Crippen molar-refractivity contribution in [1.82, 2.24) is 19.5 Å². The van der Waals surface area contributed by atoms with Gasteiger partial charge in [0, 0.05) is 6.07 Å². The zero-order chi connectivity index (χ0) is 15.0. The molecule has 0 unspecified atom stereocenters. The summed E-state index contributed by atoms with van der Waals surface area (Å²) in [6.45, 7) is 0. The fourth-order valence-corrected chi connectivity index (χ4v) is 2.56. The van der Waals surface area contributed by atoms with E-state index in [1.165, 1.54) is 13.4 Å². The van der Waals surface area contributed by atoms with Crippen LogP contribution in [0.3, 0.4) is 0 Å². The Kier molecular flexibility index (Phi) is 3.52. The molecule has 0 spiro atoms. The zero-order valence-corrected chi connectivity index (χ0v) is 12.8. The topological polar surface area (TPSA) is 65.0 Å². The maximum absolute atomic E-state index is 6.28. The molecule has 0 aliphatic heterocycles. The molecule has 2 heterocycles. The van der Waals surface area contributed by atoms with Crippen molar-refractivity contribution in [2.75, 3.05) is 14.2 Å². The van der Waals surface area contributed by atoms with Gasteiger partial charge >= 0.3 is 0 Å². The number of ether oxygens (including phenoxy) is 2. The predicted octanol–water partition coefficient (Wildman–Crippen LogP) is 3.15. The molecule has 8 heteroatoms. The molecule has 0 fully saturated rings. The van der Waals surface area contributed by atoms with Crippen LogP contribution in [-0.2, 0) is 0 Å². The standard InChI is InChI=1S/C13H11ClN4O2S/c1-19-7-3-4-8(14)9(5-7)18-11-10(17-13(18)21)12(20-2)16-6-15-11/h3-6H,1-2H3,(H,17,21). The molecule has 21 heavy (non-hydrogen) atoms. The molecule has 0 radical (unpaired) electrons. The van der Waals surface area contributed by atoms with Crippen molar-refractivity contribution in [1.29, 1.82) is 0 Å². The SMILES string of the molecule is COc1ccc(Cl)c(-n2c(=S)[nH]c3c(OC)ncnc32)c1. The minimum atomic E-state index is 0.420. The van der Waals surface area contributed by atoms with Crippen molar-refractivity contribution < 1.29 is 9.47 Å². The van der Waals surface area contributed by atoms with Gasteiger partial charge in [0.1, 0.15) is 17.6 Å². The van der Waals surface area contributed by atoms with E-state index in [9.17, 15) is 0 Å². The van der Waals surface area contributed by atoms with Gasteiger partial charge in [-0.3, -0.25) is 4.57 Å². The van der Waals surface area contributed by atoms with E-state index in [0.717, 1.165) is 0 Å². The summed E-state index contributed by atoms with van der Waals surface area (Å²) in [6, 6.07) is 5.31. The van der Waals surface area contributed by atoms with Gasteiger partial charge in [-0.05, 0) is 24.4 Å². The molecule has 1 N–H and O–H groups in total. The van der Waals surface area contributed by atoms with E-state index in [-0.39, 0.29) is 0 Å². The molecule has 108 valence electrons. The van der Waals surface area contributed by atoms with Gasteiger partial charge in [0.15, 0.2) is 10.4 Å². The molecule has 0 saturated carbocycles. The summed E-state index contributed by atoms with van der Waals surface area (Å²) in [4.78, 5) is 11.3. The highest BCUT2D eigenvalue weighted by atomic mass is 35.5. The molecule has 0 amide bonds. The first-order valence-electron chi connectivity index (χ1n) is 5.99. The number of benzene rings is 1. The maximum atomic E-state index is 6.28. The third-order valence-corrected chi connectivity index (χ3v) is 3.63. The number of imidazole rings is 1. The van der Waals surface area contributed by atoms with Gasteiger partial charge in [-0.1, -0.05) is 11.6 Å². The Hall–Kier alpha value is -2.12. The number of rotatable bonds is 3. The second-order valence-corrected chi connectivity index (χ2v) is 4.96. The molecular weight excluding hydrogens is 312 g/mol. The summed E-state index contributed by atoms with van der Waals surface area (Å²) < 4.78 is 12.6. The van der Waals surface area contributed by atoms with Gasteiger partial charge < -0.3 is 14.5 Å². The van der Waals surface area contributed by atoms with Crippen molar-refractivity contribution in [3.63, 3.8) is 0 Å². The van der Waals surface area contributed by atoms with Crippen molar-refractivity contribution in [2.24, 2.45) is 0 Å². The average Bonchev–Trinajstić information content (AvgIpc) is 2.83. The number of fused-ring (bicyclic) bond motifs is 1. The summed E-state index contributed by atoms with van der Waals surface area (Å²) in [5.41, 5.74) is 1.87. The van der Waals surface area contributed by atoms with Crippen LogP contribution >= 0.6 is 23.8 Å². The van der Waals surface area contributed by atoms with Crippen LogP contribution in [0.5, 0.6) is 11.6 Å². The molecule has 2 aromatic heterocycles. The Labute approximate surface area is 130 Å². The summed E-state index contributed by atoms with van der Waals surface area (Å²) in [6.07, 6.45) is 1.41. The lowest BCUT2D eigenvalue weighted by molar-refractivity contribution is 0.401. The lowest BCUT2D eigenvalue weighted by Crippen LogP contribution is -1.98. The molecule has 0 bridgehead atoms. The normalized spacial score (nSPS) is 10.8. The Morgan fingerprint density at radius 1 is 1.24 bits per heavy atom. The molecule has 0 atom stereocenters. The lowest BCUT2D eigenvalue weighted by Gasteiger charge is -2.08. The number of hydrogen-bond donors (Lipinski definition) is 1. The highest BCUT2D eigenvalue weighted by Crippen LogP contribution is 2.30. The molecule has 0 aliphatic carbocycles. The number of aromatic nitrogens is 4. The van der Waals surface area contributed by atoms with Crippen molar-refractivity contribution in [3.05, 3.63) is 34.3 Å². The first-order valence-corrected chi connectivity index (χ1v) is 6.78. The van der Waals surface area contributed by atoms with Crippen LogP contribution in [0.15, 0.2) is 24.5 Å². The van der Waals surface area contributed by atoms with Crippen LogP contribution in [0.1, 0.15) is 0 Å². The number of methoxy groups -OCH3 is 2. The highest BCUT2D eigenvalue weighted by Gasteiger charge is 2.15. The Morgan fingerprint density at radius 2 is 2.05 bits per heavy atom. The number of aromatic amines is 1. The van der Waals surface area contributed by atoms with E-state index in [2.05, 4.69) is 15.0 Å². The minimum Gasteiger partial charge on any atom is -0.497 e. The fraction of sp³-hybridized carbons (Fsp3) is 0.154. The Bertz CT molecular complexity index is 874. The number of nitrogens with zero attached hydrogens (tertiary/aromatic N) is 3. The van der Waals surface area contributed by atoms with Gasteiger partial charge in [0.2, 0.25) is 5.88 Å². The third kappa shape index (κ3) is 2.24. The Balaban J connectivity index is 2.35. The van der Waals surface area contributed by atoms with E-state index < -0.39 is 0 Å². The van der Waals surface area contributed by atoms with Crippen molar-refractivity contribution >= 4 is 35.0 Å². The number of hydrogen-bond acceptors (Lipinski definition) is 5. The first-order chi connectivity index (χ1) is 10.2. The van der Waals surface area contributed by atoms with Crippen LogP contribution in [0.2, 0.25) is 5.02 Å². The van der Waals surface area contributed by atoms with Crippen molar-refractivity contribution in [3.8, 4) is 17.3 Å². The average molecular weight is 323 g/mol. The second kappa shape index (κ2) is 5.34. The smallest absolute Gasteiger partial charge is 0.242 e. The van der Waals surface area contributed by atoms with Crippen LogP contribution < -0.4 is 9.47 Å². The molecule has 0 aliphatic rings. The largest absolute Gasteiger partial charge is 0.497 e. The third-order valence-electron chi connectivity index (χ3n) is 3.03. The summed E-state index contributed by atoms with van der Waals surface area (Å²) >= 11 is 11.6. The quantitative estimate of drug-likeness (QED) is 0.750. The zero-order valence-electron chi connectivity index (χ0n) is 11.3. The number of halogens is 1. The number of nitrogens with one attached hydrogen (secondary N) is 1. The molecule has 6 nitrogen and oxygen atoms in total. The van der Waals surface area contributed by atoms with Gasteiger partial charge in [0.25, 0.3) is 0 Å². The Morgan fingerprint density at radius 3 is 2.76 bits per heavy atom. The second-order valence-electron chi connectivity index (χ2n) is 4.16. The van der Waals surface area contributed by atoms with E-state index in [0.29, 0.717) is 38.3 Å². The van der Waals surface area contributed by atoms with Crippen LogP contribution in [0.4, 0.5) is 0 Å². The van der Waals surface area contributed by atoms with E-state index in [1.807, 2.05) is 0 Å². The van der Waals surface area contributed by atoms with Crippen LogP contribution in [0.25, 0.3) is 16.9 Å². The summed E-state index contributed by atoms with van der Waals surface area (Å²) in [5.74, 6) is 1.09. The molecule has 0 saturated heterocycles. The lowest BCUT2D eigenvalue weighted by atomic mass is 10.3. The van der Waals surface area contributed by atoms with Crippen molar-refractivity contribution in [2.45, 2.75) is 0 Å². The van der Waals surface area contributed by atoms with Crippen LogP contribution in [0, 0.1) is 4.77 Å². The van der Waals surface area contributed by atoms with Gasteiger partial charge in [-0.25, -0.2) is 4.98 Å². The van der Waals surface area contributed by atoms with Gasteiger partial charge in [-0.2, -0.15) is 4.98 Å². The molecular formula is C13H11ClN4O2S.